The summed E-state index contributed by atoms with van der Waals surface area (Å²) in [5.74, 6) is -0.130. The van der Waals surface area contributed by atoms with E-state index < -0.39 is 10.8 Å². The molecule has 0 spiro atoms. The molecule has 0 aliphatic carbocycles. The van der Waals surface area contributed by atoms with Crippen molar-refractivity contribution >= 4 is 17.4 Å². The predicted molar refractivity (Wildman–Crippen MR) is 73.9 cm³/mol. The van der Waals surface area contributed by atoms with Gasteiger partial charge in [0, 0.05) is 20.2 Å². The Kier molecular flexibility index (Phi) is 5.85. The maximum absolute atomic E-state index is 12.2. The highest BCUT2D eigenvalue weighted by Gasteiger charge is 2.19. The van der Waals surface area contributed by atoms with Crippen molar-refractivity contribution in [2.24, 2.45) is 0 Å². The molecule has 0 aliphatic rings. The topological polar surface area (TPSA) is 106 Å². The van der Waals surface area contributed by atoms with Gasteiger partial charge in [0.05, 0.1) is 23.1 Å². The average molecular weight is 282 g/mol. The van der Waals surface area contributed by atoms with Crippen LogP contribution in [0.2, 0.25) is 0 Å². The van der Waals surface area contributed by atoms with E-state index in [-0.39, 0.29) is 17.3 Å². The van der Waals surface area contributed by atoms with Crippen LogP contribution in [0.15, 0.2) is 12.3 Å². The highest BCUT2D eigenvalue weighted by Crippen LogP contribution is 2.18. The fourth-order valence-corrected chi connectivity index (χ4v) is 1.65. The zero-order chi connectivity index (χ0) is 15.1. The van der Waals surface area contributed by atoms with Gasteiger partial charge in [0.1, 0.15) is 12.0 Å². The van der Waals surface area contributed by atoms with E-state index in [4.69, 9.17) is 4.74 Å². The zero-order valence-electron chi connectivity index (χ0n) is 11.7. The van der Waals surface area contributed by atoms with Crippen molar-refractivity contribution in [1.82, 2.24) is 10.3 Å². The normalized spacial score (nSPS) is 11.8. The van der Waals surface area contributed by atoms with Gasteiger partial charge in [0.15, 0.2) is 0 Å². The lowest BCUT2D eigenvalue weighted by Gasteiger charge is -2.16. The number of rotatable bonds is 7. The van der Waals surface area contributed by atoms with Crippen LogP contribution < -0.4 is 10.6 Å². The first kappa shape index (κ1) is 15.8. The second kappa shape index (κ2) is 7.39. The molecule has 1 unspecified atom stereocenters. The minimum Gasteiger partial charge on any atom is -0.383 e. The maximum Gasteiger partial charge on any atom is 0.288 e. The molecule has 1 amide bonds. The van der Waals surface area contributed by atoms with Crippen molar-refractivity contribution in [1.29, 1.82) is 0 Å². The summed E-state index contributed by atoms with van der Waals surface area (Å²) in [6.45, 7) is 2.29. The average Bonchev–Trinajstić information content (AvgIpc) is 2.45. The summed E-state index contributed by atoms with van der Waals surface area (Å²) in [5, 5.41) is 16.2. The van der Waals surface area contributed by atoms with Gasteiger partial charge in [-0.05, 0) is 6.42 Å². The van der Waals surface area contributed by atoms with Crippen LogP contribution in [0.4, 0.5) is 11.5 Å². The molecule has 1 aromatic heterocycles. The van der Waals surface area contributed by atoms with Crippen LogP contribution in [0, 0.1) is 10.1 Å². The third-order valence-corrected chi connectivity index (χ3v) is 2.76. The first-order valence-electron chi connectivity index (χ1n) is 6.15. The minimum atomic E-state index is -0.588. The standard InChI is InChI=1S/C12H18N4O4/c1-4-8(7-20-3)15-12(17)10-5-9(16(18)19)6-14-11(10)13-2/h5-6,8H,4,7H2,1-3H3,(H,13,14)(H,15,17). The van der Waals surface area contributed by atoms with Crippen molar-refractivity contribution in [3.8, 4) is 0 Å². The summed E-state index contributed by atoms with van der Waals surface area (Å²) in [4.78, 5) is 26.2. The summed E-state index contributed by atoms with van der Waals surface area (Å²) in [6, 6.07) is 1.05. The number of hydrogen-bond donors (Lipinski definition) is 2. The molecule has 1 atom stereocenters. The summed E-state index contributed by atoms with van der Waals surface area (Å²) in [7, 11) is 3.14. The molecule has 8 heteroatoms. The van der Waals surface area contributed by atoms with Crippen LogP contribution in [-0.4, -0.2) is 42.6 Å². The molecule has 20 heavy (non-hydrogen) atoms. The van der Waals surface area contributed by atoms with E-state index in [2.05, 4.69) is 15.6 Å². The van der Waals surface area contributed by atoms with Crippen LogP contribution in [0.3, 0.4) is 0 Å². The van der Waals surface area contributed by atoms with Crippen LogP contribution in [0.5, 0.6) is 0 Å². The van der Waals surface area contributed by atoms with Gasteiger partial charge >= 0.3 is 0 Å². The molecule has 0 aliphatic heterocycles. The summed E-state index contributed by atoms with van der Waals surface area (Å²) in [6.07, 6.45) is 1.80. The highest BCUT2D eigenvalue weighted by atomic mass is 16.6. The quantitative estimate of drug-likeness (QED) is 0.574. The lowest BCUT2D eigenvalue weighted by molar-refractivity contribution is -0.385. The Morgan fingerprint density at radius 3 is 2.80 bits per heavy atom. The molecule has 0 radical (unpaired) electrons. The largest absolute Gasteiger partial charge is 0.383 e. The molecule has 1 aromatic rings. The van der Waals surface area contributed by atoms with E-state index in [1.807, 2.05) is 6.92 Å². The van der Waals surface area contributed by atoms with E-state index in [1.165, 1.54) is 6.07 Å². The van der Waals surface area contributed by atoms with E-state index in [0.717, 1.165) is 6.20 Å². The molecule has 0 saturated heterocycles. The number of nitrogens with zero attached hydrogens (tertiary/aromatic N) is 2. The Bertz CT molecular complexity index is 492. The Morgan fingerprint density at radius 2 is 2.30 bits per heavy atom. The van der Waals surface area contributed by atoms with Gasteiger partial charge in [-0.15, -0.1) is 0 Å². The molecule has 2 N–H and O–H groups in total. The number of nitrogens with one attached hydrogen (secondary N) is 2. The summed E-state index contributed by atoms with van der Waals surface area (Å²) < 4.78 is 5.00. The lowest BCUT2D eigenvalue weighted by atomic mass is 10.2. The van der Waals surface area contributed by atoms with Gasteiger partial charge in [-0.2, -0.15) is 0 Å². The molecule has 0 bridgehead atoms. The van der Waals surface area contributed by atoms with Crippen molar-refractivity contribution in [2.75, 3.05) is 26.1 Å². The molecule has 0 aromatic carbocycles. The van der Waals surface area contributed by atoms with Crippen LogP contribution >= 0.6 is 0 Å². The lowest BCUT2D eigenvalue weighted by Crippen LogP contribution is -2.37. The third-order valence-electron chi connectivity index (χ3n) is 2.76. The van der Waals surface area contributed by atoms with Gasteiger partial charge in [-0.3, -0.25) is 14.9 Å². The van der Waals surface area contributed by atoms with E-state index in [9.17, 15) is 14.9 Å². The number of carbonyl (C=O) groups excluding carboxylic acids is 1. The van der Waals surface area contributed by atoms with Gasteiger partial charge in [0.25, 0.3) is 11.6 Å². The number of anilines is 1. The van der Waals surface area contributed by atoms with Gasteiger partial charge in [-0.25, -0.2) is 4.98 Å². The second-order valence-corrected chi connectivity index (χ2v) is 4.13. The Morgan fingerprint density at radius 1 is 1.60 bits per heavy atom. The molecular weight excluding hydrogens is 264 g/mol. The number of methoxy groups -OCH3 is 1. The molecule has 8 nitrogen and oxygen atoms in total. The summed E-state index contributed by atoms with van der Waals surface area (Å²) >= 11 is 0. The SMILES string of the molecule is CCC(COC)NC(=O)c1cc([N+](=O)[O-])cnc1NC. The number of pyridine rings is 1. The van der Waals surface area contributed by atoms with Crippen LogP contribution in [0.1, 0.15) is 23.7 Å². The van der Waals surface area contributed by atoms with E-state index in [1.54, 1.807) is 14.2 Å². The molecule has 0 fully saturated rings. The van der Waals surface area contributed by atoms with Gasteiger partial charge in [-0.1, -0.05) is 6.92 Å². The van der Waals surface area contributed by atoms with E-state index in [0.29, 0.717) is 18.8 Å². The zero-order valence-corrected chi connectivity index (χ0v) is 11.7. The number of carbonyl (C=O) groups is 1. The predicted octanol–water partition coefficient (Wildman–Crippen LogP) is 1.19. The van der Waals surface area contributed by atoms with Gasteiger partial charge in [0.2, 0.25) is 0 Å². The Hall–Kier alpha value is -2.22. The molecule has 1 heterocycles. The summed E-state index contributed by atoms with van der Waals surface area (Å²) in [5.41, 5.74) is -0.0924. The Labute approximate surface area is 116 Å². The number of ether oxygens (including phenoxy) is 1. The fourth-order valence-electron chi connectivity index (χ4n) is 1.65. The smallest absolute Gasteiger partial charge is 0.288 e. The number of hydrogen-bond acceptors (Lipinski definition) is 6. The highest BCUT2D eigenvalue weighted by molar-refractivity contribution is 5.99. The van der Waals surface area contributed by atoms with E-state index >= 15 is 0 Å². The maximum atomic E-state index is 12.2. The first-order valence-corrected chi connectivity index (χ1v) is 6.15. The molecular formula is C12H18N4O4. The van der Waals surface area contributed by atoms with Crippen molar-refractivity contribution in [2.45, 2.75) is 19.4 Å². The minimum absolute atomic E-state index is 0.135. The fraction of sp³-hybridized carbons (Fsp3) is 0.500. The molecule has 1 rings (SSSR count). The molecule has 110 valence electrons. The Balaban J connectivity index is 3.00. The third kappa shape index (κ3) is 3.89. The first-order chi connectivity index (χ1) is 9.53. The van der Waals surface area contributed by atoms with Crippen molar-refractivity contribution in [3.05, 3.63) is 27.9 Å². The second-order valence-electron chi connectivity index (χ2n) is 4.13. The van der Waals surface area contributed by atoms with Gasteiger partial charge < -0.3 is 15.4 Å². The van der Waals surface area contributed by atoms with Crippen molar-refractivity contribution < 1.29 is 14.5 Å². The number of aromatic nitrogens is 1. The van der Waals surface area contributed by atoms with Crippen LogP contribution in [-0.2, 0) is 4.74 Å². The monoisotopic (exact) mass is 282 g/mol. The van der Waals surface area contributed by atoms with Crippen molar-refractivity contribution in [3.63, 3.8) is 0 Å². The number of nitro groups is 1. The molecule has 0 saturated carbocycles. The number of amides is 1. The van der Waals surface area contributed by atoms with Crippen LogP contribution in [0.25, 0.3) is 0 Å².